The van der Waals surface area contributed by atoms with Gasteiger partial charge in [-0.1, -0.05) is 12.1 Å². The monoisotopic (exact) mass is 270 g/mol. The van der Waals surface area contributed by atoms with E-state index in [1.54, 1.807) is 17.5 Å². The molecule has 5 heteroatoms. The maximum Gasteiger partial charge on any atom is 0.112 e. The van der Waals surface area contributed by atoms with Crippen LogP contribution in [0.1, 0.15) is 10.7 Å². The summed E-state index contributed by atoms with van der Waals surface area (Å²) >= 11 is 1.68. The minimum atomic E-state index is 0.733. The van der Waals surface area contributed by atoms with E-state index in [1.807, 2.05) is 42.1 Å². The minimum Gasteiger partial charge on any atom is -0.377 e. The van der Waals surface area contributed by atoms with Crippen molar-refractivity contribution < 1.29 is 0 Å². The Bertz CT molecular complexity index is 658. The van der Waals surface area contributed by atoms with Gasteiger partial charge in [0, 0.05) is 23.5 Å². The molecule has 3 aromatic rings. The highest BCUT2D eigenvalue weighted by Gasteiger charge is 2.05. The number of nitrogens with zero attached hydrogens (tertiary/aromatic N) is 3. The van der Waals surface area contributed by atoms with Gasteiger partial charge in [-0.2, -0.15) is 5.10 Å². The zero-order valence-corrected chi connectivity index (χ0v) is 11.4. The van der Waals surface area contributed by atoms with Crippen molar-refractivity contribution in [1.82, 2.24) is 14.8 Å². The normalized spacial score (nSPS) is 10.6. The molecular weight excluding hydrogens is 256 g/mol. The third-order valence-corrected chi connectivity index (χ3v) is 3.72. The summed E-state index contributed by atoms with van der Waals surface area (Å²) < 4.78 is 1.86. The average Bonchev–Trinajstić information content (AvgIpc) is 3.08. The summed E-state index contributed by atoms with van der Waals surface area (Å²) in [5, 5.41) is 10.8. The van der Waals surface area contributed by atoms with Gasteiger partial charge in [0.15, 0.2) is 0 Å². The fourth-order valence-corrected chi connectivity index (χ4v) is 2.60. The molecule has 2 heterocycles. The lowest BCUT2D eigenvalue weighted by Crippen LogP contribution is -2.04. The highest BCUT2D eigenvalue weighted by Crippen LogP contribution is 2.20. The Labute approximate surface area is 115 Å². The van der Waals surface area contributed by atoms with Gasteiger partial charge in [0.1, 0.15) is 5.01 Å². The fraction of sp³-hybridized carbons (Fsp3) is 0.143. The van der Waals surface area contributed by atoms with Crippen LogP contribution in [0.25, 0.3) is 5.69 Å². The van der Waals surface area contributed by atoms with Crippen LogP contribution in [0.2, 0.25) is 0 Å². The van der Waals surface area contributed by atoms with Crippen molar-refractivity contribution in [2.75, 3.05) is 5.32 Å². The summed E-state index contributed by atoms with van der Waals surface area (Å²) in [5.74, 6) is 0. The predicted octanol–water partition coefficient (Wildman–Crippen LogP) is 3.25. The molecule has 1 N–H and O–H groups in total. The smallest absolute Gasteiger partial charge is 0.112 e. The standard InChI is InChI=1S/C14H14N4S/c1-11-10-19-14(17-11)9-15-12-5-2-3-6-13(12)18-8-4-7-16-18/h2-8,10,15H,9H2,1H3. The lowest BCUT2D eigenvalue weighted by atomic mass is 10.2. The zero-order valence-electron chi connectivity index (χ0n) is 10.6. The third kappa shape index (κ3) is 2.66. The average molecular weight is 270 g/mol. The third-order valence-electron chi connectivity index (χ3n) is 2.75. The molecule has 0 unspecified atom stereocenters. The molecule has 0 saturated carbocycles. The number of aromatic nitrogens is 3. The van der Waals surface area contributed by atoms with Gasteiger partial charge in [-0.25, -0.2) is 9.67 Å². The maximum absolute atomic E-state index is 4.45. The first-order chi connectivity index (χ1) is 9.33. The first-order valence-electron chi connectivity index (χ1n) is 6.07. The maximum atomic E-state index is 4.45. The number of hydrogen-bond donors (Lipinski definition) is 1. The largest absolute Gasteiger partial charge is 0.377 e. The molecule has 0 saturated heterocycles. The molecule has 96 valence electrons. The van der Waals surface area contributed by atoms with E-state index in [4.69, 9.17) is 0 Å². The van der Waals surface area contributed by atoms with Crippen LogP contribution in [0.3, 0.4) is 0 Å². The van der Waals surface area contributed by atoms with Gasteiger partial charge in [-0.15, -0.1) is 11.3 Å². The van der Waals surface area contributed by atoms with Gasteiger partial charge < -0.3 is 5.32 Å². The molecule has 0 amide bonds. The van der Waals surface area contributed by atoms with Crippen LogP contribution >= 0.6 is 11.3 Å². The Morgan fingerprint density at radius 2 is 2.16 bits per heavy atom. The molecular formula is C14H14N4S. The van der Waals surface area contributed by atoms with E-state index in [2.05, 4.69) is 26.8 Å². The quantitative estimate of drug-likeness (QED) is 0.791. The molecule has 0 atom stereocenters. The van der Waals surface area contributed by atoms with Crippen molar-refractivity contribution in [3.63, 3.8) is 0 Å². The summed E-state index contributed by atoms with van der Waals surface area (Å²) in [4.78, 5) is 4.45. The number of anilines is 1. The number of aryl methyl sites for hydroxylation is 1. The SMILES string of the molecule is Cc1csc(CNc2ccccc2-n2cccn2)n1. The number of nitrogens with one attached hydrogen (secondary N) is 1. The number of rotatable bonds is 4. The van der Waals surface area contributed by atoms with Crippen LogP contribution in [0.4, 0.5) is 5.69 Å². The van der Waals surface area contributed by atoms with Crippen molar-refractivity contribution in [1.29, 1.82) is 0 Å². The molecule has 0 aliphatic heterocycles. The molecule has 0 aliphatic carbocycles. The van der Waals surface area contributed by atoms with E-state index in [-0.39, 0.29) is 0 Å². The molecule has 2 aromatic heterocycles. The Morgan fingerprint density at radius 1 is 1.26 bits per heavy atom. The van der Waals surface area contributed by atoms with Crippen molar-refractivity contribution in [2.45, 2.75) is 13.5 Å². The second kappa shape index (κ2) is 5.24. The Morgan fingerprint density at radius 3 is 2.89 bits per heavy atom. The van der Waals surface area contributed by atoms with Crippen molar-refractivity contribution in [3.8, 4) is 5.69 Å². The zero-order chi connectivity index (χ0) is 13.1. The Balaban J connectivity index is 1.81. The lowest BCUT2D eigenvalue weighted by Gasteiger charge is -2.10. The van der Waals surface area contributed by atoms with Crippen LogP contribution in [0, 0.1) is 6.92 Å². The summed E-state index contributed by atoms with van der Waals surface area (Å²) in [6.45, 7) is 2.74. The predicted molar refractivity (Wildman–Crippen MR) is 77.7 cm³/mol. The minimum absolute atomic E-state index is 0.733. The van der Waals surface area contributed by atoms with Crippen molar-refractivity contribution in [3.05, 3.63) is 58.8 Å². The van der Waals surface area contributed by atoms with Gasteiger partial charge in [0.05, 0.1) is 17.9 Å². The van der Waals surface area contributed by atoms with Crippen LogP contribution in [-0.2, 0) is 6.54 Å². The van der Waals surface area contributed by atoms with Gasteiger partial charge in [0.2, 0.25) is 0 Å². The van der Waals surface area contributed by atoms with Crippen LogP contribution in [0.15, 0.2) is 48.1 Å². The van der Waals surface area contributed by atoms with Crippen molar-refractivity contribution in [2.24, 2.45) is 0 Å². The first-order valence-corrected chi connectivity index (χ1v) is 6.95. The van der Waals surface area contributed by atoms with E-state index in [0.717, 1.165) is 28.6 Å². The van der Waals surface area contributed by atoms with Crippen LogP contribution in [-0.4, -0.2) is 14.8 Å². The molecule has 19 heavy (non-hydrogen) atoms. The molecule has 4 nitrogen and oxygen atoms in total. The number of para-hydroxylation sites is 2. The molecule has 0 radical (unpaired) electrons. The van der Waals surface area contributed by atoms with Crippen molar-refractivity contribution >= 4 is 17.0 Å². The van der Waals surface area contributed by atoms with Gasteiger partial charge in [-0.3, -0.25) is 0 Å². The fourth-order valence-electron chi connectivity index (χ4n) is 1.89. The Hall–Kier alpha value is -2.14. The van der Waals surface area contributed by atoms with Gasteiger partial charge in [0.25, 0.3) is 0 Å². The van der Waals surface area contributed by atoms with E-state index < -0.39 is 0 Å². The topological polar surface area (TPSA) is 42.7 Å². The number of hydrogen-bond acceptors (Lipinski definition) is 4. The van der Waals surface area contributed by atoms with E-state index in [0.29, 0.717) is 0 Å². The summed E-state index contributed by atoms with van der Waals surface area (Å²) in [7, 11) is 0. The van der Waals surface area contributed by atoms with E-state index >= 15 is 0 Å². The highest BCUT2D eigenvalue weighted by molar-refractivity contribution is 7.09. The number of thiazole rings is 1. The molecule has 0 fully saturated rings. The molecule has 0 bridgehead atoms. The Kier molecular flexibility index (Phi) is 3.29. The molecule has 0 aliphatic rings. The van der Waals surface area contributed by atoms with Crippen LogP contribution in [0.5, 0.6) is 0 Å². The second-order valence-electron chi connectivity index (χ2n) is 4.20. The molecule has 1 aromatic carbocycles. The highest BCUT2D eigenvalue weighted by atomic mass is 32.1. The molecule has 0 spiro atoms. The summed E-state index contributed by atoms with van der Waals surface area (Å²) in [5.41, 5.74) is 3.17. The summed E-state index contributed by atoms with van der Waals surface area (Å²) in [6.07, 6.45) is 3.72. The second-order valence-corrected chi connectivity index (χ2v) is 5.15. The number of benzene rings is 1. The van der Waals surface area contributed by atoms with E-state index in [9.17, 15) is 0 Å². The summed E-state index contributed by atoms with van der Waals surface area (Å²) in [6, 6.07) is 10.0. The van der Waals surface area contributed by atoms with Gasteiger partial charge in [-0.05, 0) is 25.1 Å². The first kappa shape index (κ1) is 11.9. The van der Waals surface area contributed by atoms with Gasteiger partial charge >= 0.3 is 0 Å². The van der Waals surface area contributed by atoms with E-state index in [1.165, 1.54) is 0 Å². The lowest BCUT2D eigenvalue weighted by molar-refractivity contribution is 0.879. The molecule has 3 rings (SSSR count). The van der Waals surface area contributed by atoms with Crippen LogP contribution < -0.4 is 5.32 Å².